The summed E-state index contributed by atoms with van der Waals surface area (Å²) in [5.41, 5.74) is 1.20. The van der Waals surface area contributed by atoms with E-state index in [0.29, 0.717) is 10.8 Å². The van der Waals surface area contributed by atoms with Crippen molar-refractivity contribution in [2.75, 3.05) is 26.2 Å². The summed E-state index contributed by atoms with van der Waals surface area (Å²) in [6.07, 6.45) is 5.54. The van der Waals surface area contributed by atoms with Crippen LogP contribution in [0.5, 0.6) is 0 Å². The van der Waals surface area contributed by atoms with Crippen molar-refractivity contribution in [3.63, 3.8) is 0 Å². The fraction of sp³-hybridized carbons (Fsp3) is 1.00. The van der Waals surface area contributed by atoms with Crippen molar-refractivity contribution in [2.45, 2.75) is 46.5 Å². The molecule has 1 unspecified atom stereocenters. The quantitative estimate of drug-likeness (QED) is 0.724. The van der Waals surface area contributed by atoms with Crippen molar-refractivity contribution in [1.29, 1.82) is 0 Å². The Bertz CT molecular complexity index is 225. The maximum absolute atomic E-state index is 3.76. The largest absolute Gasteiger partial charge is 0.316 e. The zero-order valence-corrected chi connectivity index (χ0v) is 11.2. The molecule has 0 radical (unpaired) electrons. The average molecular weight is 224 g/mol. The zero-order valence-electron chi connectivity index (χ0n) is 11.2. The molecule has 94 valence electrons. The Morgan fingerprint density at radius 1 is 1.19 bits per heavy atom. The molecule has 1 saturated carbocycles. The monoisotopic (exact) mass is 224 g/mol. The van der Waals surface area contributed by atoms with E-state index < -0.39 is 0 Å². The predicted octanol–water partition coefficient (Wildman–Crippen LogP) is 2.40. The predicted molar refractivity (Wildman–Crippen MR) is 69.6 cm³/mol. The number of nitrogens with one attached hydrogen (secondary N) is 2. The summed E-state index contributed by atoms with van der Waals surface area (Å²) < 4.78 is 0. The van der Waals surface area contributed by atoms with Gasteiger partial charge in [0.2, 0.25) is 0 Å². The van der Waals surface area contributed by atoms with Gasteiger partial charge >= 0.3 is 0 Å². The topological polar surface area (TPSA) is 24.1 Å². The van der Waals surface area contributed by atoms with Gasteiger partial charge in [-0.1, -0.05) is 20.8 Å². The van der Waals surface area contributed by atoms with Gasteiger partial charge in [0.25, 0.3) is 0 Å². The SMILES string of the molecule is CCC1(CNCC2(C(C)C)CC2)CCNC1. The Kier molecular flexibility index (Phi) is 3.60. The molecule has 0 bridgehead atoms. The van der Waals surface area contributed by atoms with Crippen molar-refractivity contribution in [3.8, 4) is 0 Å². The van der Waals surface area contributed by atoms with Gasteiger partial charge in [0.05, 0.1) is 0 Å². The van der Waals surface area contributed by atoms with E-state index in [4.69, 9.17) is 0 Å². The van der Waals surface area contributed by atoms with E-state index in [1.54, 1.807) is 0 Å². The third-order valence-corrected chi connectivity index (χ3v) is 5.18. The van der Waals surface area contributed by atoms with Crippen LogP contribution >= 0.6 is 0 Å². The molecule has 2 N–H and O–H groups in total. The van der Waals surface area contributed by atoms with Gasteiger partial charge in [-0.3, -0.25) is 0 Å². The summed E-state index contributed by atoms with van der Waals surface area (Å²) in [6.45, 7) is 12.0. The van der Waals surface area contributed by atoms with E-state index in [0.717, 1.165) is 5.92 Å². The van der Waals surface area contributed by atoms with Crippen LogP contribution in [-0.2, 0) is 0 Å². The second-order valence-electron chi connectivity index (χ2n) is 6.40. The van der Waals surface area contributed by atoms with E-state index in [1.165, 1.54) is 51.9 Å². The van der Waals surface area contributed by atoms with Gasteiger partial charge in [0.1, 0.15) is 0 Å². The maximum atomic E-state index is 3.76. The highest BCUT2D eigenvalue weighted by molar-refractivity contribution is 4.98. The summed E-state index contributed by atoms with van der Waals surface area (Å²) in [5, 5.41) is 7.27. The minimum Gasteiger partial charge on any atom is -0.316 e. The number of rotatable bonds is 6. The van der Waals surface area contributed by atoms with Crippen molar-refractivity contribution < 1.29 is 0 Å². The molecule has 2 nitrogen and oxygen atoms in total. The van der Waals surface area contributed by atoms with Crippen LogP contribution in [0.25, 0.3) is 0 Å². The Morgan fingerprint density at radius 2 is 1.94 bits per heavy atom. The van der Waals surface area contributed by atoms with Gasteiger partial charge < -0.3 is 10.6 Å². The molecule has 1 aliphatic carbocycles. The summed E-state index contributed by atoms with van der Waals surface area (Å²) in [6, 6.07) is 0. The lowest BCUT2D eigenvalue weighted by Gasteiger charge is -2.29. The van der Waals surface area contributed by atoms with Gasteiger partial charge in [-0.25, -0.2) is 0 Å². The van der Waals surface area contributed by atoms with E-state index in [1.807, 2.05) is 0 Å². The molecule has 0 aromatic carbocycles. The van der Waals surface area contributed by atoms with Gasteiger partial charge in [0.15, 0.2) is 0 Å². The van der Waals surface area contributed by atoms with Crippen LogP contribution in [0.1, 0.15) is 46.5 Å². The molecule has 1 saturated heterocycles. The van der Waals surface area contributed by atoms with Gasteiger partial charge in [-0.15, -0.1) is 0 Å². The van der Waals surface area contributed by atoms with E-state index >= 15 is 0 Å². The fourth-order valence-electron chi connectivity index (χ4n) is 3.07. The highest BCUT2D eigenvalue weighted by Gasteiger charge is 2.45. The van der Waals surface area contributed by atoms with Crippen LogP contribution in [0.2, 0.25) is 0 Å². The van der Waals surface area contributed by atoms with Crippen molar-refractivity contribution in [3.05, 3.63) is 0 Å². The fourth-order valence-corrected chi connectivity index (χ4v) is 3.07. The lowest BCUT2D eigenvalue weighted by atomic mass is 9.83. The third-order valence-electron chi connectivity index (χ3n) is 5.18. The lowest BCUT2D eigenvalue weighted by Crippen LogP contribution is -2.39. The molecule has 16 heavy (non-hydrogen) atoms. The molecule has 1 aliphatic heterocycles. The summed E-state index contributed by atoms with van der Waals surface area (Å²) in [7, 11) is 0. The first-order valence-corrected chi connectivity index (χ1v) is 7.04. The van der Waals surface area contributed by atoms with E-state index in [2.05, 4.69) is 31.4 Å². The van der Waals surface area contributed by atoms with Crippen LogP contribution < -0.4 is 10.6 Å². The molecule has 2 rings (SSSR count). The van der Waals surface area contributed by atoms with Crippen LogP contribution in [-0.4, -0.2) is 26.2 Å². The first kappa shape index (κ1) is 12.4. The third kappa shape index (κ3) is 2.43. The highest BCUT2D eigenvalue weighted by atomic mass is 15.0. The Morgan fingerprint density at radius 3 is 2.38 bits per heavy atom. The minimum atomic E-state index is 0.549. The van der Waals surface area contributed by atoms with Gasteiger partial charge in [-0.2, -0.15) is 0 Å². The molecule has 0 aromatic heterocycles. The molecule has 0 amide bonds. The van der Waals surface area contributed by atoms with Crippen LogP contribution in [0.3, 0.4) is 0 Å². The molecular weight excluding hydrogens is 196 g/mol. The summed E-state index contributed by atoms with van der Waals surface area (Å²) in [4.78, 5) is 0. The van der Waals surface area contributed by atoms with Crippen LogP contribution in [0.4, 0.5) is 0 Å². The molecule has 2 heteroatoms. The molecular formula is C14H28N2. The molecule has 2 aliphatic rings. The number of hydrogen-bond acceptors (Lipinski definition) is 2. The van der Waals surface area contributed by atoms with Crippen molar-refractivity contribution in [1.82, 2.24) is 10.6 Å². The Balaban J connectivity index is 1.75. The minimum absolute atomic E-state index is 0.549. The molecule has 1 atom stereocenters. The van der Waals surface area contributed by atoms with Gasteiger partial charge in [-0.05, 0) is 49.0 Å². The van der Waals surface area contributed by atoms with Crippen LogP contribution in [0.15, 0.2) is 0 Å². The van der Waals surface area contributed by atoms with E-state index in [-0.39, 0.29) is 0 Å². The van der Waals surface area contributed by atoms with Gasteiger partial charge in [0, 0.05) is 19.6 Å². The van der Waals surface area contributed by atoms with Crippen molar-refractivity contribution in [2.24, 2.45) is 16.7 Å². The summed E-state index contributed by atoms with van der Waals surface area (Å²) >= 11 is 0. The number of hydrogen-bond donors (Lipinski definition) is 2. The normalized spacial score (nSPS) is 32.2. The average Bonchev–Trinajstić information content (AvgIpc) is 2.91. The molecule has 0 spiro atoms. The smallest absolute Gasteiger partial charge is 0.00206 e. The standard InChI is InChI=1S/C14H28N2/c1-4-13(7-8-15-9-13)10-16-11-14(5-6-14)12(2)3/h12,15-16H,4-11H2,1-3H3. The Hall–Kier alpha value is -0.0800. The Labute approximate surface area is 101 Å². The van der Waals surface area contributed by atoms with E-state index in [9.17, 15) is 0 Å². The molecule has 1 heterocycles. The highest BCUT2D eigenvalue weighted by Crippen LogP contribution is 2.51. The van der Waals surface area contributed by atoms with Crippen molar-refractivity contribution >= 4 is 0 Å². The van der Waals surface area contributed by atoms with Crippen LogP contribution in [0, 0.1) is 16.7 Å². The summed E-state index contributed by atoms with van der Waals surface area (Å²) in [5.74, 6) is 0.847. The second-order valence-corrected chi connectivity index (χ2v) is 6.40. The zero-order chi connectivity index (χ0) is 11.6. The maximum Gasteiger partial charge on any atom is 0.00206 e. The first-order chi connectivity index (χ1) is 7.63. The first-order valence-electron chi connectivity index (χ1n) is 7.04. The molecule has 2 fully saturated rings. The lowest BCUT2D eigenvalue weighted by molar-refractivity contribution is 0.262. The second kappa shape index (κ2) is 4.66. The molecule has 0 aromatic rings.